The molecule has 1 heterocycles. The maximum Gasteiger partial charge on any atom is 0.299 e. The van der Waals surface area contributed by atoms with Gasteiger partial charge in [-0.3, -0.25) is 25.0 Å². The Morgan fingerprint density at radius 2 is 2.00 bits per heavy atom. The molecule has 1 atom stereocenters. The molecule has 1 aliphatic heterocycles. The number of nitrogens with zero attached hydrogens (tertiary/aromatic N) is 2. The Morgan fingerprint density at radius 3 is 2.55 bits per heavy atom. The molecule has 9 nitrogen and oxygen atoms in total. The Bertz CT molecular complexity index is 564. The van der Waals surface area contributed by atoms with Gasteiger partial charge in [0.1, 0.15) is 5.69 Å². The van der Waals surface area contributed by atoms with E-state index in [2.05, 4.69) is 10.6 Å². The zero-order chi connectivity index (χ0) is 14.7. The van der Waals surface area contributed by atoms with Gasteiger partial charge in [-0.1, -0.05) is 0 Å². The quantitative estimate of drug-likeness (QED) is 0.630. The van der Waals surface area contributed by atoms with E-state index in [-0.39, 0.29) is 29.0 Å². The van der Waals surface area contributed by atoms with Gasteiger partial charge in [0.25, 0.3) is 11.4 Å². The molecule has 1 saturated heterocycles. The van der Waals surface area contributed by atoms with Crippen molar-refractivity contribution in [1.82, 2.24) is 5.32 Å². The number of benzene rings is 1. The highest BCUT2D eigenvalue weighted by Crippen LogP contribution is 2.30. The third kappa shape index (κ3) is 2.99. The maximum atomic E-state index is 11.0. The summed E-state index contributed by atoms with van der Waals surface area (Å²) < 4.78 is 0. The summed E-state index contributed by atoms with van der Waals surface area (Å²) in [4.78, 5) is 31.3. The number of nitrogens with one attached hydrogen (secondary N) is 2. The number of nitro groups is 2. The van der Waals surface area contributed by atoms with Crippen molar-refractivity contribution >= 4 is 23.0 Å². The summed E-state index contributed by atoms with van der Waals surface area (Å²) in [5.74, 6) is -0.0544. The number of nitro benzene ring substituents is 2. The molecule has 0 aliphatic carbocycles. The molecule has 1 aliphatic rings. The summed E-state index contributed by atoms with van der Waals surface area (Å²) in [7, 11) is 0. The molecule has 1 unspecified atom stereocenters. The number of rotatable bonds is 4. The normalized spacial score (nSPS) is 18.2. The molecular formula is C11H12N4O5. The molecule has 106 valence electrons. The van der Waals surface area contributed by atoms with Crippen LogP contribution in [0.4, 0.5) is 17.1 Å². The summed E-state index contributed by atoms with van der Waals surface area (Å²) in [5, 5.41) is 27.2. The van der Waals surface area contributed by atoms with Gasteiger partial charge in [-0.15, -0.1) is 0 Å². The van der Waals surface area contributed by atoms with Crippen molar-refractivity contribution in [3.63, 3.8) is 0 Å². The lowest BCUT2D eigenvalue weighted by Gasteiger charge is -2.24. The van der Waals surface area contributed by atoms with Crippen LogP contribution in [0, 0.1) is 20.2 Å². The van der Waals surface area contributed by atoms with Crippen molar-refractivity contribution in [3.05, 3.63) is 38.4 Å². The SMILES string of the molecule is O=C1CCC(Nc2ccc([N+](=O)[O-])cc2[N+](=O)[O-])CN1. The molecule has 0 bridgehead atoms. The van der Waals surface area contributed by atoms with Gasteiger partial charge in [0, 0.05) is 25.1 Å². The van der Waals surface area contributed by atoms with Crippen molar-refractivity contribution in [2.45, 2.75) is 18.9 Å². The minimum absolute atomic E-state index is 0.0544. The van der Waals surface area contributed by atoms with E-state index >= 15 is 0 Å². The Hall–Kier alpha value is -2.71. The first kappa shape index (κ1) is 13.7. The smallest absolute Gasteiger partial charge is 0.299 e. The molecule has 0 radical (unpaired) electrons. The summed E-state index contributed by atoms with van der Waals surface area (Å²) in [5.41, 5.74) is -0.475. The molecule has 0 saturated carbocycles. The number of carbonyl (C=O) groups excluding carboxylic acids is 1. The van der Waals surface area contributed by atoms with Crippen molar-refractivity contribution in [2.24, 2.45) is 0 Å². The van der Waals surface area contributed by atoms with E-state index in [0.717, 1.165) is 6.07 Å². The Labute approximate surface area is 113 Å². The molecular weight excluding hydrogens is 268 g/mol. The zero-order valence-corrected chi connectivity index (χ0v) is 10.4. The first-order valence-electron chi connectivity index (χ1n) is 5.93. The topological polar surface area (TPSA) is 127 Å². The third-order valence-corrected chi connectivity index (χ3v) is 3.01. The highest BCUT2D eigenvalue weighted by atomic mass is 16.6. The maximum absolute atomic E-state index is 11.0. The van der Waals surface area contributed by atoms with E-state index in [4.69, 9.17) is 0 Å². The van der Waals surface area contributed by atoms with E-state index in [1.807, 2.05) is 0 Å². The van der Waals surface area contributed by atoms with Crippen LogP contribution >= 0.6 is 0 Å². The second-order valence-corrected chi connectivity index (χ2v) is 4.40. The van der Waals surface area contributed by atoms with Crippen molar-refractivity contribution in [2.75, 3.05) is 11.9 Å². The lowest BCUT2D eigenvalue weighted by molar-refractivity contribution is -0.393. The van der Waals surface area contributed by atoms with Crippen LogP contribution in [0.1, 0.15) is 12.8 Å². The molecule has 2 rings (SSSR count). The fourth-order valence-electron chi connectivity index (χ4n) is 1.98. The second kappa shape index (κ2) is 5.51. The Morgan fingerprint density at radius 1 is 1.25 bits per heavy atom. The lowest BCUT2D eigenvalue weighted by atomic mass is 10.1. The average Bonchev–Trinajstić information content (AvgIpc) is 2.41. The van der Waals surface area contributed by atoms with E-state index in [1.165, 1.54) is 12.1 Å². The van der Waals surface area contributed by atoms with Gasteiger partial charge in [0.15, 0.2) is 0 Å². The van der Waals surface area contributed by atoms with Crippen LogP contribution in [0.5, 0.6) is 0 Å². The highest BCUT2D eigenvalue weighted by Gasteiger charge is 2.23. The van der Waals surface area contributed by atoms with E-state index in [9.17, 15) is 25.0 Å². The van der Waals surface area contributed by atoms with Gasteiger partial charge in [0.2, 0.25) is 5.91 Å². The van der Waals surface area contributed by atoms with Crippen LogP contribution in [-0.4, -0.2) is 28.3 Å². The summed E-state index contributed by atoms with van der Waals surface area (Å²) in [6.07, 6.45) is 0.901. The predicted molar refractivity (Wildman–Crippen MR) is 69.4 cm³/mol. The average molecular weight is 280 g/mol. The van der Waals surface area contributed by atoms with Crippen LogP contribution in [0.2, 0.25) is 0 Å². The van der Waals surface area contributed by atoms with Crippen LogP contribution in [0.25, 0.3) is 0 Å². The van der Waals surface area contributed by atoms with E-state index in [1.54, 1.807) is 0 Å². The molecule has 0 spiro atoms. The van der Waals surface area contributed by atoms with Gasteiger partial charge in [0.05, 0.1) is 15.9 Å². The highest BCUT2D eigenvalue weighted by molar-refractivity contribution is 5.77. The number of hydrogen-bond donors (Lipinski definition) is 2. The molecule has 0 aromatic heterocycles. The molecule has 1 amide bonds. The Balaban J connectivity index is 2.20. The fourth-order valence-corrected chi connectivity index (χ4v) is 1.98. The van der Waals surface area contributed by atoms with Gasteiger partial charge in [-0.05, 0) is 12.5 Å². The van der Waals surface area contributed by atoms with Crippen molar-refractivity contribution < 1.29 is 14.6 Å². The first-order chi connectivity index (χ1) is 9.47. The van der Waals surface area contributed by atoms with Crippen LogP contribution in [0.3, 0.4) is 0 Å². The Kier molecular flexibility index (Phi) is 3.78. The molecule has 20 heavy (non-hydrogen) atoms. The largest absolute Gasteiger partial charge is 0.375 e. The van der Waals surface area contributed by atoms with Crippen molar-refractivity contribution in [1.29, 1.82) is 0 Å². The molecule has 9 heteroatoms. The molecule has 2 N–H and O–H groups in total. The second-order valence-electron chi connectivity index (χ2n) is 4.40. The summed E-state index contributed by atoms with van der Waals surface area (Å²) in [6.45, 7) is 0.368. The van der Waals surface area contributed by atoms with Gasteiger partial charge >= 0.3 is 0 Å². The summed E-state index contributed by atoms with van der Waals surface area (Å²) in [6, 6.07) is 3.31. The number of piperidine rings is 1. The van der Waals surface area contributed by atoms with E-state index < -0.39 is 9.85 Å². The van der Waals surface area contributed by atoms with Crippen LogP contribution in [-0.2, 0) is 4.79 Å². The minimum atomic E-state index is -0.683. The van der Waals surface area contributed by atoms with Crippen molar-refractivity contribution in [3.8, 4) is 0 Å². The standard InChI is InChI=1S/C11H12N4O5/c16-11-4-1-7(6-12-11)13-9-3-2-8(14(17)18)5-10(9)15(19)20/h2-3,5,7,13H,1,4,6H2,(H,12,16). The summed E-state index contributed by atoms with van der Waals surface area (Å²) >= 11 is 0. The lowest BCUT2D eigenvalue weighted by Crippen LogP contribution is -2.41. The number of hydrogen-bond acceptors (Lipinski definition) is 6. The number of carbonyl (C=O) groups is 1. The minimum Gasteiger partial charge on any atom is -0.375 e. The van der Waals surface area contributed by atoms with Gasteiger partial charge < -0.3 is 10.6 Å². The molecule has 1 aromatic rings. The van der Waals surface area contributed by atoms with Gasteiger partial charge in [-0.25, -0.2) is 0 Å². The monoisotopic (exact) mass is 280 g/mol. The fraction of sp³-hybridized carbons (Fsp3) is 0.364. The van der Waals surface area contributed by atoms with Crippen LogP contribution in [0.15, 0.2) is 18.2 Å². The van der Waals surface area contributed by atoms with Gasteiger partial charge in [-0.2, -0.15) is 0 Å². The number of anilines is 1. The van der Waals surface area contributed by atoms with E-state index in [0.29, 0.717) is 19.4 Å². The van der Waals surface area contributed by atoms with Crippen LogP contribution < -0.4 is 10.6 Å². The predicted octanol–water partition coefficient (Wildman–Crippen LogP) is 1.19. The number of non-ortho nitro benzene ring substituents is 1. The number of amides is 1. The first-order valence-corrected chi connectivity index (χ1v) is 5.93. The third-order valence-electron chi connectivity index (χ3n) is 3.01. The zero-order valence-electron chi connectivity index (χ0n) is 10.4. The molecule has 1 fully saturated rings. The molecule has 1 aromatic carbocycles.